The zero-order valence-corrected chi connectivity index (χ0v) is 15.1. The number of anilines is 1. The summed E-state index contributed by atoms with van der Waals surface area (Å²) in [5, 5.41) is 6.45. The molecule has 0 aliphatic carbocycles. The maximum atomic E-state index is 13.1. The van der Waals surface area contributed by atoms with Crippen LogP contribution in [0.4, 0.5) is 5.69 Å². The average molecular weight is 345 g/mol. The number of rotatable bonds is 6. The van der Waals surface area contributed by atoms with Crippen LogP contribution >= 0.6 is 0 Å². The number of aryl methyl sites for hydroxylation is 1. The van der Waals surface area contributed by atoms with Crippen LogP contribution in [0.15, 0.2) is 79.1 Å². The Bertz CT molecular complexity index is 848. The fourth-order valence-corrected chi connectivity index (χ4v) is 2.82. The highest BCUT2D eigenvalue weighted by Gasteiger charge is 2.34. The van der Waals surface area contributed by atoms with Gasteiger partial charge in [0.25, 0.3) is 0 Å². The molecule has 2 N–H and O–H groups in total. The molecule has 0 aliphatic rings. The van der Waals surface area contributed by atoms with Crippen LogP contribution in [0.25, 0.3) is 0 Å². The summed E-state index contributed by atoms with van der Waals surface area (Å²) in [4.78, 5) is 17.1. The molecule has 0 spiro atoms. The zero-order chi connectivity index (χ0) is 18.4. The second-order valence-corrected chi connectivity index (χ2v) is 6.52. The first-order valence-corrected chi connectivity index (χ1v) is 8.65. The zero-order valence-electron chi connectivity index (χ0n) is 15.1. The van der Waals surface area contributed by atoms with Crippen LogP contribution in [0, 0.1) is 6.92 Å². The van der Waals surface area contributed by atoms with E-state index in [2.05, 4.69) is 15.6 Å². The summed E-state index contributed by atoms with van der Waals surface area (Å²) in [6, 6.07) is 21.6. The number of carbonyl (C=O) groups is 1. The van der Waals surface area contributed by atoms with E-state index in [1.165, 1.54) is 5.56 Å². The Morgan fingerprint density at radius 2 is 1.62 bits per heavy atom. The molecule has 0 unspecified atom stereocenters. The van der Waals surface area contributed by atoms with Gasteiger partial charge in [-0.15, -0.1) is 0 Å². The van der Waals surface area contributed by atoms with E-state index < -0.39 is 5.54 Å². The molecule has 1 atom stereocenters. The van der Waals surface area contributed by atoms with E-state index in [4.69, 9.17) is 0 Å². The van der Waals surface area contributed by atoms with Gasteiger partial charge >= 0.3 is 0 Å². The molecule has 0 fully saturated rings. The SMILES string of the molecule is Cc1ccc(N[C@](C)(C(=O)NCc2ccncc2)c2ccccc2)cc1. The number of amides is 1. The van der Waals surface area contributed by atoms with Crippen molar-refractivity contribution < 1.29 is 4.79 Å². The summed E-state index contributed by atoms with van der Waals surface area (Å²) >= 11 is 0. The molecule has 0 saturated heterocycles. The van der Waals surface area contributed by atoms with E-state index >= 15 is 0 Å². The second-order valence-electron chi connectivity index (χ2n) is 6.52. The van der Waals surface area contributed by atoms with Gasteiger partial charge < -0.3 is 10.6 Å². The predicted octanol–water partition coefficient (Wildman–Crippen LogP) is 4.03. The van der Waals surface area contributed by atoms with Crippen LogP contribution < -0.4 is 10.6 Å². The number of hydrogen-bond acceptors (Lipinski definition) is 3. The molecule has 1 heterocycles. The van der Waals surface area contributed by atoms with Gasteiger partial charge in [-0.05, 0) is 49.2 Å². The van der Waals surface area contributed by atoms with Crippen molar-refractivity contribution >= 4 is 11.6 Å². The summed E-state index contributed by atoms with van der Waals surface area (Å²) < 4.78 is 0. The third kappa shape index (κ3) is 4.09. The van der Waals surface area contributed by atoms with Crippen molar-refractivity contribution in [3.05, 3.63) is 95.8 Å². The minimum atomic E-state index is -0.885. The van der Waals surface area contributed by atoms with E-state index in [1.54, 1.807) is 12.4 Å². The Hall–Kier alpha value is -3.14. The molecular formula is C22H23N3O. The Labute approximate surface area is 154 Å². The van der Waals surface area contributed by atoms with E-state index in [9.17, 15) is 4.79 Å². The van der Waals surface area contributed by atoms with Crippen molar-refractivity contribution in [2.75, 3.05) is 5.32 Å². The maximum absolute atomic E-state index is 13.1. The van der Waals surface area contributed by atoms with E-state index in [-0.39, 0.29) is 5.91 Å². The summed E-state index contributed by atoms with van der Waals surface area (Å²) in [6.07, 6.45) is 3.45. The quantitative estimate of drug-likeness (QED) is 0.709. The normalized spacial score (nSPS) is 12.8. The molecule has 26 heavy (non-hydrogen) atoms. The average Bonchev–Trinajstić information content (AvgIpc) is 2.69. The first kappa shape index (κ1) is 17.7. The summed E-state index contributed by atoms with van der Waals surface area (Å²) in [5.41, 5.74) is 3.12. The molecule has 4 heteroatoms. The molecule has 0 saturated carbocycles. The Morgan fingerprint density at radius 1 is 0.962 bits per heavy atom. The third-order valence-electron chi connectivity index (χ3n) is 4.45. The fraction of sp³-hybridized carbons (Fsp3) is 0.182. The molecule has 3 rings (SSSR count). The molecule has 4 nitrogen and oxygen atoms in total. The van der Waals surface area contributed by atoms with Gasteiger partial charge in [-0.2, -0.15) is 0 Å². The van der Waals surface area contributed by atoms with Gasteiger partial charge in [0.05, 0.1) is 0 Å². The molecule has 3 aromatic rings. The van der Waals surface area contributed by atoms with Gasteiger partial charge in [0.2, 0.25) is 5.91 Å². The van der Waals surface area contributed by atoms with E-state index in [0.717, 1.165) is 16.8 Å². The first-order valence-electron chi connectivity index (χ1n) is 8.65. The number of pyridine rings is 1. The van der Waals surface area contributed by atoms with Crippen molar-refractivity contribution in [2.45, 2.75) is 25.9 Å². The van der Waals surface area contributed by atoms with Crippen LogP contribution in [0.3, 0.4) is 0 Å². The summed E-state index contributed by atoms with van der Waals surface area (Å²) in [5.74, 6) is -0.0823. The molecule has 2 aromatic carbocycles. The lowest BCUT2D eigenvalue weighted by Gasteiger charge is -2.31. The number of nitrogens with zero attached hydrogens (tertiary/aromatic N) is 1. The van der Waals surface area contributed by atoms with E-state index in [0.29, 0.717) is 6.54 Å². The highest BCUT2D eigenvalue weighted by Crippen LogP contribution is 2.27. The fourth-order valence-electron chi connectivity index (χ4n) is 2.82. The molecular weight excluding hydrogens is 322 g/mol. The van der Waals surface area contributed by atoms with E-state index in [1.807, 2.05) is 80.6 Å². The molecule has 0 bridgehead atoms. The van der Waals surface area contributed by atoms with Gasteiger partial charge in [0.1, 0.15) is 5.54 Å². The molecule has 1 amide bonds. The van der Waals surface area contributed by atoms with Crippen LogP contribution in [0.1, 0.15) is 23.6 Å². The van der Waals surface area contributed by atoms with Crippen molar-refractivity contribution in [3.63, 3.8) is 0 Å². The van der Waals surface area contributed by atoms with Crippen molar-refractivity contribution in [3.8, 4) is 0 Å². The van der Waals surface area contributed by atoms with Gasteiger partial charge in [0.15, 0.2) is 0 Å². The lowest BCUT2D eigenvalue weighted by atomic mass is 9.90. The number of nitrogens with one attached hydrogen (secondary N) is 2. The minimum Gasteiger partial charge on any atom is -0.368 e. The van der Waals surface area contributed by atoms with Crippen LogP contribution in [0.2, 0.25) is 0 Å². The highest BCUT2D eigenvalue weighted by molar-refractivity contribution is 5.90. The van der Waals surface area contributed by atoms with Crippen LogP contribution in [-0.4, -0.2) is 10.9 Å². The third-order valence-corrected chi connectivity index (χ3v) is 4.45. The lowest BCUT2D eigenvalue weighted by Crippen LogP contribution is -2.47. The van der Waals surface area contributed by atoms with Gasteiger partial charge in [-0.1, -0.05) is 48.0 Å². The minimum absolute atomic E-state index is 0.0823. The molecule has 0 aliphatic heterocycles. The topological polar surface area (TPSA) is 54.0 Å². The van der Waals surface area contributed by atoms with Crippen molar-refractivity contribution in [2.24, 2.45) is 0 Å². The number of aromatic nitrogens is 1. The monoisotopic (exact) mass is 345 g/mol. The van der Waals surface area contributed by atoms with Crippen LogP contribution in [0.5, 0.6) is 0 Å². The van der Waals surface area contributed by atoms with Gasteiger partial charge in [0, 0.05) is 24.6 Å². The van der Waals surface area contributed by atoms with Crippen molar-refractivity contribution in [1.82, 2.24) is 10.3 Å². The predicted molar refractivity (Wildman–Crippen MR) is 105 cm³/mol. The van der Waals surface area contributed by atoms with Crippen molar-refractivity contribution in [1.29, 1.82) is 0 Å². The number of benzene rings is 2. The Balaban J connectivity index is 1.84. The molecule has 0 radical (unpaired) electrons. The largest absolute Gasteiger partial charge is 0.368 e. The summed E-state index contributed by atoms with van der Waals surface area (Å²) in [7, 11) is 0. The maximum Gasteiger partial charge on any atom is 0.250 e. The first-order chi connectivity index (χ1) is 12.6. The number of carbonyl (C=O) groups excluding carboxylic acids is 1. The number of hydrogen-bond donors (Lipinski definition) is 2. The molecule has 1 aromatic heterocycles. The smallest absolute Gasteiger partial charge is 0.250 e. The molecule has 132 valence electrons. The standard InChI is InChI=1S/C22H23N3O/c1-17-8-10-20(11-9-17)25-22(2,19-6-4-3-5-7-19)21(26)24-16-18-12-14-23-15-13-18/h3-15,25H,16H2,1-2H3,(H,24,26)/t22-/m0/s1. The summed E-state index contributed by atoms with van der Waals surface area (Å²) in [6.45, 7) is 4.41. The van der Waals surface area contributed by atoms with Crippen LogP contribution in [-0.2, 0) is 16.9 Å². The Kier molecular flexibility index (Phi) is 5.32. The lowest BCUT2D eigenvalue weighted by molar-refractivity contribution is -0.125. The Morgan fingerprint density at radius 3 is 2.27 bits per heavy atom. The second kappa shape index (κ2) is 7.83. The van der Waals surface area contributed by atoms with Gasteiger partial charge in [-0.3, -0.25) is 9.78 Å². The van der Waals surface area contributed by atoms with Gasteiger partial charge in [-0.25, -0.2) is 0 Å². The highest BCUT2D eigenvalue weighted by atomic mass is 16.2.